The number of rotatable bonds is 4. The molecule has 6 nitrogen and oxygen atoms in total. The molecule has 0 saturated carbocycles. The summed E-state index contributed by atoms with van der Waals surface area (Å²) in [5, 5.41) is 9.73. The molecule has 1 aromatic heterocycles. The van der Waals surface area contributed by atoms with Crippen molar-refractivity contribution in [3.05, 3.63) is 53.9 Å². The predicted octanol–water partition coefficient (Wildman–Crippen LogP) is 2.79. The van der Waals surface area contributed by atoms with Crippen molar-refractivity contribution in [2.45, 2.75) is 25.7 Å². The lowest BCUT2D eigenvalue weighted by atomic mass is 9.95. The van der Waals surface area contributed by atoms with Gasteiger partial charge in [-0.3, -0.25) is 14.7 Å². The first-order valence-corrected chi connectivity index (χ1v) is 8.46. The number of hydrogen-bond donors (Lipinski definition) is 2. The molecule has 1 aliphatic rings. The van der Waals surface area contributed by atoms with Crippen molar-refractivity contribution in [3.63, 3.8) is 0 Å². The molecule has 1 aliphatic heterocycles. The van der Waals surface area contributed by atoms with Crippen molar-refractivity contribution in [3.8, 4) is 0 Å². The number of amides is 2. The van der Waals surface area contributed by atoms with Gasteiger partial charge in [0.2, 0.25) is 11.8 Å². The minimum atomic E-state index is -0.101. The number of carbonyl (C=O) groups excluding carboxylic acids is 2. The van der Waals surface area contributed by atoms with E-state index in [9.17, 15) is 9.59 Å². The van der Waals surface area contributed by atoms with Crippen molar-refractivity contribution in [2.24, 2.45) is 0 Å². The summed E-state index contributed by atoms with van der Waals surface area (Å²) in [7, 11) is 0. The van der Waals surface area contributed by atoms with Crippen molar-refractivity contribution in [2.75, 3.05) is 18.4 Å². The second kappa shape index (κ2) is 7.79. The summed E-state index contributed by atoms with van der Waals surface area (Å²) < 4.78 is 0. The van der Waals surface area contributed by atoms with Gasteiger partial charge >= 0.3 is 0 Å². The summed E-state index contributed by atoms with van der Waals surface area (Å²) in [6, 6.07) is 9.36. The van der Waals surface area contributed by atoms with Gasteiger partial charge in [-0.05, 0) is 42.7 Å². The number of piperidine rings is 1. The van der Waals surface area contributed by atoms with Gasteiger partial charge in [0, 0.05) is 49.6 Å². The molecule has 0 aliphatic carbocycles. The third-order valence-corrected chi connectivity index (χ3v) is 4.34. The number of likely N-dealkylation sites (tertiary alicyclic amines) is 1. The van der Waals surface area contributed by atoms with E-state index in [0.717, 1.165) is 36.3 Å². The van der Waals surface area contributed by atoms with Crippen LogP contribution >= 0.6 is 0 Å². The van der Waals surface area contributed by atoms with E-state index < -0.39 is 0 Å². The Bertz CT molecular complexity index is 750. The van der Waals surface area contributed by atoms with Crippen LogP contribution in [-0.4, -0.2) is 40.0 Å². The number of carbonyl (C=O) groups is 2. The van der Waals surface area contributed by atoms with Gasteiger partial charge in [0.15, 0.2) is 0 Å². The highest BCUT2D eigenvalue weighted by Gasteiger charge is 2.24. The summed E-state index contributed by atoms with van der Waals surface area (Å²) in [5.74, 6) is 0.246. The van der Waals surface area contributed by atoms with E-state index in [1.54, 1.807) is 18.3 Å². The topological polar surface area (TPSA) is 78.1 Å². The Hall–Kier alpha value is -2.89. The third kappa shape index (κ3) is 4.56. The smallest absolute Gasteiger partial charge is 0.246 e. The molecule has 2 heterocycles. The minimum Gasteiger partial charge on any atom is -0.338 e. The zero-order valence-corrected chi connectivity index (χ0v) is 14.2. The fraction of sp³-hybridized carbons (Fsp3) is 0.316. The standard InChI is InChI=1S/C19H22N4O2/c1-14(24)21-17-7-4-15(5-8-17)6-9-19(25)23-12-2-3-16(13-23)18-10-11-20-22-18/h4-11,16H,2-3,12-13H2,1H3,(H,20,22)(H,21,24). The molecule has 1 fully saturated rings. The van der Waals surface area contributed by atoms with Crippen LogP contribution in [0.3, 0.4) is 0 Å². The van der Waals surface area contributed by atoms with Crippen molar-refractivity contribution in [1.82, 2.24) is 15.1 Å². The average molecular weight is 338 g/mol. The minimum absolute atomic E-state index is 0.0233. The summed E-state index contributed by atoms with van der Waals surface area (Å²) >= 11 is 0. The van der Waals surface area contributed by atoms with E-state index >= 15 is 0 Å². The van der Waals surface area contributed by atoms with Crippen LogP contribution in [0.15, 0.2) is 42.6 Å². The summed E-state index contributed by atoms with van der Waals surface area (Å²) in [4.78, 5) is 25.4. The summed E-state index contributed by atoms with van der Waals surface area (Å²) in [6.45, 7) is 2.98. The number of benzene rings is 1. The summed E-state index contributed by atoms with van der Waals surface area (Å²) in [6.07, 6.45) is 7.23. The fourth-order valence-electron chi connectivity index (χ4n) is 3.08. The van der Waals surface area contributed by atoms with Crippen LogP contribution < -0.4 is 5.32 Å². The molecule has 2 N–H and O–H groups in total. The van der Waals surface area contributed by atoms with Crippen molar-refractivity contribution in [1.29, 1.82) is 0 Å². The first kappa shape index (κ1) is 17.0. The summed E-state index contributed by atoms with van der Waals surface area (Å²) in [5.41, 5.74) is 2.76. The molecule has 1 atom stereocenters. The molecule has 2 aromatic rings. The Morgan fingerprint density at radius 1 is 1.28 bits per heavy atom. The molecule has 6 heteroatoms. The van der Waals surface area contributed by atoms with Crippen LogP contribution in [0, 0.1) is 0 Å². The van der Waals surface area contributed by atoms with Gasteiger partial charge in [0.25, 0.3) is 0 Å². The largest absolute Gasteiger partial charge is 0.338 e. The van der Waals surface area contributed by atoms with E-state index in [2.05, 4.69) is 15.5 Å². The van der Waals surface area contributed by atoms with Crippen LogP contribution in [0.25, 0.3) is 6.08 Å². The lowest BCUT2D eigenvalue weighted by molar-refractivity contribution is -0.127. The van der Waals surface area contributed by atoms with Crippen LogP contribution in [-0.2, 0) is 9.59 Å². The van der Waals surface area contributed by atoms with Gasteiger partial charge in [-0.2, -0.15) is 5.10 Å². The monoisotopic (exact) mass is 338 g/mol. The molecule has 0 radical (unpaired) electrons. The van der Waals surface area contributed by atoms with Crippen LogP contribution in [0.5, 0.6) is 0 Å². The number of nitrogens with one attached hydrogen (secondary N) is 2. The average Bonchev–Trinajstić information content (AvgIpc) is 3.15. The predicted molar refractivity (Wildman–Crippen MR) is 96.9 cm³/mol. The Balaban J connectivity index is 1.59. The quantitative estimate of drug-likeness (QED) is 0.842. The second-order valence-corrected chi connectivity index (χ2v) is 6.27. The zero-order chi connectivity index (χ0) is 17.6. The van der Waals surface area contributed by atoms with Gasteiger partial charge in [-0.1, -0.05) is 12.1 Å². The Kier molecular flexibility index (Phi) is 5.28. The van der Waals surface area contributed by atoms with Gasteiger partial charge in [-0.15, -0.1) is 0 Å². The van der Waals surface area contributed by atoms with Crippen molar-refractivity contribution >= 4 is 23.6 Å². The molecule has 1 aromatic carbocycles. The maximum atomic E-state index is 12.5. The van der Waals surface area contributed by atoms with Crippen molar-refractivity contribution < 1.29 is 9.59 Å². The SMILES string of the molecule is CC(=O)Nc1ccc(C=CC(=O)N2CCCC(c3ccn[nH]3)C2)cc1. The zero-order valence-electron chi connectivity index (χ0n) is 14.2. The lowest BCUT2D eigenvalue weighted by Crippen LogP contribution is -2.38. The van der Waals surface area contributed by atoms with E-state index in [1.807, 2.05) is 35.2 Å². The Morgan fingerprint density at radius 3 is 2.76 bits per heavy atom. The van der Waals surface area contributed by atoms with E-state index in [-0.39, 0.29) is 11.8 Å². The molecule has 130 valence electrons. The van der Waals surface area contributed by atoms with Gasteiger partial charge < -0.3 is 10.2 Å². The number of hydrogen-bond acceptors (Lipinski definition) is 3. The van der Waals surface area contributed by atoms with Gasteiger partial charge in [-0.25, -0.2) is 0 Å². The van der Waals surface area contributed by atoms with Crippen LogP contribution in [0.1, 0.15) is 36.9 Å². The van der Waals surface area contributed by atoms with E-state index in [1.165, 1.54) is 6.92 Å². The molecule has 0 spiro atoms. The number of anilines is 1. The van der Waals surface area contributed by atoms with Crippen LogP contribution in [0.4, 0.5) is 5.69 Å². The van der Waals surface area contributed by atoms with Crippen LogP contribution in [0.2, 0.25) is 0 Å². The lowest BCUT2D eigenvalue weighted by Gasteiger charge is -2.31. The Morgan fingerprint density at radius 2 is 2.08 bits per heavy atom. The van der Waals surface area contributed by atoms with Gasteiger partial charge in [0.1, 0.15) is 0 Å². The van der Waals surface area contributed by atoms with E-state index in [0.29, 0.717) is 12.5 Å². The van der Waals surface area contributed by atoms with Gasteiger partial charge in [0.05, 0.1) is 0 Å². The molecule has 3 rings (SSSR count). The maximum absolute atomic E-state index is 12.5. The molecule has 25 heavy (non-hydrogen) atoms. The number of aromatic nitrogens is 2. The third-order valence-electron chi connectivity index (χ3n) is 4.34. The molecule has 2 amide bonds. The van der Waals surface area contributed by atoms with E-state index in [4.69, 9.17) is 0 Å². The molecule has 1 saturated heterocycles. The number of nitrogens with zero attached hydrogens (tertiary/aromatic N) is 2. The molecule has 1 unspecified atom stereocenters. The molecular weight excluding hydrogens is 316 g/mol. The highest BCUT2D eigenvalue weighted by atomic mass is 16.2. The maximum Gasteiger partial charge on any atom is 0.246 e. The second-order valence-electron chi connectivity index (χ2n) is 6.27. The highest BCUT2D eigenvalue weighted by Crippen LogP contribution is 2.25. The molecular formula is C19H22N4O2. The first-order valence-electron chi connectivity index (χ1n) is 8.46. The number of H-pyrrole nitrogens is 1. The number of aromatic amines is 1. The fourth-order valence-corrected chi connectivity index (χ4v) is 3.08. The highest BCUT2D eigenvalue weighted by molar-refractivity contribution is 5.92. The first-order chi connectivity index (χ1) is 12.1. The normalized spacial score (nSPS) is 17.6. The Labute approximate surface area is 146 Å². The molecule has 0 bridgehead atoms.